The molecule has 0 rings (SSSR count). The number of carboxylic acids is 1. The van der Waals surface area contributed by atoms with E-state index in [2.05, 4.69) is 0 Å². The molecular weight excluding hydrogens is 121 g/mol. The first-order valence-corrected chi connectivity index (χ1v) is 0.908. The second kappa shape index (κ2) is 17.3. The summed E-state index contributed by atoms with van der Waals surface area (Å²) in [7, 11) is 0. The summed E-state index contributed by atoms with van der Waals surface area (Å²) < 4.78 is 0. The van der Waals surface area contributed by atoms with Crippen LogP contribution < -0.4 is 11.3 Å². The van der Waals surface area contributed by atoms with E-state index >= 15 is 0 Å². The minimum absolute atomic E-state index is 0. The molecule has 0 unspecified atom stereocenters. The third-order valence-corrected chi connectivity index (χ3v) is 0. The number of carboxylic acid groups (broad SMARTS) is 1. The predicted octanol–water partition coefficient (Wildman–Crippen LogP) is -1.27. The topological polar surface area (TPSA) is 108 Å². The second-order valence-electron chi connectivity index (χ2n) is 0.492. The van der Waals surface area contributed by atoms with Crippen molar-refractivity contribution in [2.24, 2.45) is 0 Å². The Balaban J connectivity index is -0.0000000150. The Hall–Kier alpha value is -0.320. The normalized spacial score (nSPS) is 3.57. The maximum absolute atomic E-state index is 8.89. The molecule has 0 saturated carbocycles. The fourth-order valence-corrected chi connectivity index (χ4v) is 0. The van der Waals surface area contributed by atoms with Crippen molar-refractivity contribution in [1.82, 2.24) is 6.15 Å². The minimum Gasteiger partial charge on any atom is -0.550 e. The Kier molecular flexibility index (Phi) is 74.2. The number of carbonyl (C=O) groups is 1. The Bertz CT molecular complexity index is 35.9. The summed E-state index contributed by atoms with van der Waals surface area (Å²) >= 11 is 0. The van der Waals surface area contributed by atoms with Crippen LogP contribution in [0.1, 0.15) is 6.92 Å². The lowest BCUT2D eigenvalue weighted by Gasteiger charge is -1.77. The Morgan fingerprint density at radius 2 is 1.57 bits per heavy atom. The number of hydrogen-bond donors (Lipinski definition) is 1. The number of carbonyl (C=O) groups excluding carboxylic acids is 1. The zero-order valence-electron chi connectivity index (χ0n) is 4.22. The Labute approximate surface area is 47.8 Å². The van der Waals surface area contributed by atoms with Crippen LogP contribution in [0.4, 0.5) is 0 Å². The minimum atomic E-state index is -1.08. The van der Waals surface area contributed by atoms with Crippen LogP contribution in [0.25, 0.3) is 0 Å². The van der Waals surface area contributed by atoms with Gasteiger partial charge in [0, 0.05) is 5.97 Å². The van der Waals surface area contributed by atoms with Gasteiger partial charge in [0.05, 0.1) is 0 Å². The van der Waals surface area contributed by atoms with Crippen molar-refractivity contribution in [3.8, 4) is 0 Å². The quantitative estimate of drug-likeness (QED) is 0.442. The smallest absolute Gasteiger partial charge is 0.0383 e. The third-order valence-electron chi connectivity index (χ3n) is 0. The molecule has 0 atom stereocenters. The van der Waals surface area contributed by atoms with Crippen molar-refractivity contribution in [2.45, 2.75) is 6.92 Å². The van der Waals surface area contributed by atoms with E-state index in [4.69, 9.17) is 9.90 Å². The Morgan fingerprint density at radius 1 is 1.57 bits per heavy atom. The lowest BCUT2D eigenvalue weighted by atomic mass is 10.9. The van der Waals surface area contributed by atoms with E-state index in [-0.39, 0.29) is 24.0 Å². The molecule has 0 aliphatic carbocycles. The van der Waals surface area contributed by atoms with Gasteiger partial charge < -0.3 is 21.5 Å². The van der Waals surface area contributed by atoms with E-state index in [0.29, 0.717) is 0 Å². The van der Waals surface area contributed by atoms with E-state index in [1.807, 2.05) is 0 Å². The molecule has 0 spiro atoms. The molecule has 0 aromatic heterocycles. The maximum Gasteiger partial charge on any atom is 0.0383 e. The second-order valence-corrected chi connectivity index (χ2v) is 0.492. The lowest BCUT2D eigenvalue weighted by Crippen LogP contribution is -2.16. The van der Waals surface area contributed by atoms with Gasteiger partial charge in [-0.2, -0.15) is 0 Å². The van der Waals surface area contributed by atoms with Gasteiger partial charge in [-0.05, 0) is 6.92 Å². The van der Waals surface area contributed by atoms with Crippen LogP contribution in [0.5, 0.6) is 0 Å². The SMILES string of the molecule is CC(=O)[O-].Cl.O.[NH4+]. The molecule has 6 N–H and O–H groups in total. The van der Waals surface area contributed by atoms with Gasteiger partial charge in [0.25, 0.3) is 0 Å². The maximum atomic E-state index is 8.89. The molecule has 0 aliphatic rings. The summed E-state index contributed by atoms with van der Waals surface area (Å²) in [5, 5.41) is 8.89. The summed E-state index contributed by atoms with van der Waals surface area (Å²) in [6.07, 6.45) is 0. The van der Waals surface area contributed by atoms with Crippen molar-refractivity contribution in [3.63, 3.8) is 0 Å². The highest BCUT2D eigenvalue weighted by atomic mass is 35.5. The molecule has 0 fully saturated rings. The molecule has 7 heavy (non-hydrogen) atoms. The molecule has 48 valence electrons. The van der Waals surface area contributed by atoms with Gasteiger partial charge in [0.1, 0.15) is 0 Å². The lowest BCUT2D eigenvalue weighted by molar-refractivity contribution is -0.302. The van der Waals surface area contributed by atoms with Crippen LogP contribution in [0.3, 0.4) is 0 Å². The monoisotopic (exact) mass is 131 g/mol. The van der Waals surface area contributed by atoms with Gasteiger partial charge in [-0.3, -0.25) is 0 Å². The van der Waals surface area contributed by atoms with Crippen LogP contribution in [0.15, 0.2) is 0 Å². The highest BCUT2D eigenvalue weighted by Crippen LogP contribution is 1.31. The fourth-order valence-electron chi connectivity index (χ4n) is 0. The summed E-state index contributed by atoms with van der Waals surface area (Å²) in [5.41, 5.74) is 0. The molecule has 0 radical (unpaired) electrons. The van der Waals surface area contributed by atoms with Gasteiger partial charge in [0.15, 0.2) is 0 Å². The standard InChI is InChI=1S/C2H4O2.ClH.H3N.H2O/c1-2(3)4;;;/h1H3,(H,3,4);1H;1H3;1H2. The van der Waals surface area contributed by atoms with Crippen LogP contribution in [0.2, 0.25) is 0 Å². The average Bonchev–Trinajstić information content (AvgIpc) is 0.811. The van der Waals surface area contributed by atoms with E-state index in [0.717, 1.165) is 6.92 Å². The number of halogens is 1. The van der Waals surface area contributed by atoms with E-state index in [9.17, 15) is 0 Å². The zero-order chi connectivity index (χ0) is 3.58. The van der Waals surface area contributed by atoms with Crippen molar-refractivity contribution in [1.29, 1.82) is 0 Å². The van der Waals surface area contributed by atoms with Crippen LogP contribution in [-0.4, -0.2) is 11.4 Å². The van der Waals surface area contributed by atoms with Crippen LogP contribution in [-0.2, 0) is 4.79 Å². The van der Waals surface area contributed by atoms with Crippen molar-refractivity contribution in [3.05, 3.63) is 0 Å². The van der Waals surface area contributed by atoms with E-state index in [1.165, 1.54) is 0 Å². The van der Waals surface area contributed by atoms with Crippen LogP contribution >= 0.6 is 12.4 Å². The molecule has 4 nitrogen and oxygen atoms in total. The van der Waals surface area contributed by atoms with Gasteiger partial charge in [-0.25, -0.2) is 0 Å². The summed E-state index contributed by atoms with van der Waals surface area (Å²) in [6.45, 7) is 0.972. The van der Waals surface area contributed by atoms with Crippen molar-refractivity contribution in [2.75, 3.05) is 0 Å². The van der Waals surface area contributed by atoms with Gasteiger partial charge in [0.2, 0.25) is 0 Å². The van der Waals surface area contributed by atoms with Crippen molar-refractivity contribution < 1.29 is 15.4 Å². The van der Waals surface area contributed by atoms with E-state index in [1.54, 1.807) is 0 Å². The van der Waals surface area contributed by atoms with Crippen molar-refractivity contribution >= 4 is 18.4 Å². The molecule has 0 amide bonds. The first kappa shape index (κ1) is 30.0. The number of quaternary nitrogens is 1. The highest BCUT2D eigenvalue weighted by molar-refractivity contribution is 5.85. The summed E-state index contributed by atoms with van der Waals surface area (Å²) in [4.78, 5) is 8.89. The molecule has 0 saturated heterocycles. The molecule has 0 aromatic rings. The van der Waals surface area contributed by atoms with Gasteiger partial charge in [-0.15, -0.1) is 12.4 Å². The molecule has 5 heteroatoms. The largest absolute Gasteiger partial charge is 0.550 e. The fraction of sp³-hybridized carbons (Fsp3) is 0.500. The molecule has 0 heterocycles. The summed E-state index contributed by atoms with van der Waals surface area (Å²) in [5.74, 6) is -1.08. The van der Waals surface area contributed by atoms with Crippen LogP contribution in [0, 0.1) is 0 Å². The number of rotatable bonds is 0. The number of aliphatic carboxylic acids is 1. The molecule has 0 aliphatic heterocycles. The van der Waals surface area contributed by atoms with E-state index < -0.39 is 5.97 Å². The Morgan fingerprint density at radius 3 is 1.57 bits per heavy atom. The molecule has 0 bridgehead atoms. The van der Waals surface area contributed by atoms with Gasteiger partial charge >= 0.3 is 0 Å². The average molecular weight is 132 g/mol. The summed E-state index contributed by atoms with van der Waals surface area (Å²) in [6, 6.07) is 0. The number of hydrogen-bond acceptors (Lipinski definition) is 2. The predicted molar refractivity (Wildman–Crippen MR) is 27.5 cm³/mol. The third kappa shape index (κ3) is 751. The first-order chi connectivity index (χ1) is 1.73. The molecular formula is C2H10ClNO3. The highest BCUT2D eigenvalue weighted by Gasteiger charge is 1.46. The first-order valence-electron chi connectivity index (χ1n) is 0.908. The zero-order valence-corrected chi connectivity index (χ0v) is 5.04. The van der Waals surface area contributed by atoms with Gasteiger partial charge in [-0.1, -0.05) is 0 Å². The molecule has 0 aromatic carbocycles.